The third kappa shape index (κ3) is 3.89. The molecule has 0 aliphatic carbocycles. The minimum absolute atomic E-state index is 0.306. The summed E-state index contributed by atoms with van der Waals surface area (Å²) in [5.74, 6) is 1.03. The molecular weight excluding hydrogens is 296 g/mol. The summed E-state index contributed by atoms with van der Waals surface area (Å²) in [7, 11) is 2.02. The largest absolute Gasteiger partial charge is 0.350 e. The zero-order valence-corrected chi connectivity index (χ0v) is 15.1. The van der Waals surface area contributed by atoms with Gasteiger partial charge in [-0.15, -0.1) is 0 Å². The summed E-state index contributed by atoms with van der Waals surface area (Å²) in [6.07, 6.45) is 8.83. The molecule has 3 heteroatoms. The number of carbonyl (C=O) groups excluding carboxylic acids is 1. The van der Waals surface area contributed by atoms with E-state index in [1.807, 2.05) is 25.4 Å². The highest BCUT2D eigenvalue weighted by Crippen LogP contribution is 2.26. The number of benzene rings is 1. The zero-order valence-electron chi connectivity index (χ0n) is 15.1. The molecule has 0 amide bonds. The number of carbonyl (C=O) groups is 1. The van der Waals surface area contributed by atoms with Crippen LogP contribution in [0.2, 0.25) is 0 Å². The number of fused-ring (bicyclic) bond motifs is 1. The second-order valence-corrected chi connectivity index (χ2v) is 7.27. The Morgan fingerprint density at radius 2 is 1.96 bits per heavy atom. The number of unbranched alkanes of at least 4 members (excludes halogenated alkanes) is 1. The molecule has 130 valence electrons. The maximum atomic E-state index is 12.7. The molecule has 1 saturated heterocycles. The standard InChI is InChI=1S/C21H30N2O/c1-3-4-13-23-14-11-17(12-15-23)9-10-21(24)19-16-22(2)20-8-6-5-7-18(19)20/h5-8,16-17H,3-4,9-15H2,1-2H3. The van der Waals surface area contributed by atoms with Crippen molar-refractivity contribution in [3.05, 3.63) is 36.0 Å². The molecule has 1 aliphatic heterocycles. The maximum absolute atomic E-state index is 12.7. The van der Waals surface area contributed by atoms with Crippen LogP contribution < -0.4 is 0 Å². The lowest BCUT2D eigenvalue weighted by atomic mass is 9.90. The van der Waals surface area contributed by atoms with Crippen molar-refractivity contribution in [3.8, 4) is 0 Å². The lowest BCUT2D eigenvalue weighted by molar-refractivity contribution is 0.0963. The molecule has 0 N–H and O–H groups in total. The molecule has 24 heavy (non-hydrogen) atoms. The van der Waals surface area contributed by atoms with E-state index >= 15 is 0 Å². The third-order valence-corrected chi connectivity index (χ3v) is 5.51. The van der Waals surface area contributed by atoms with Gasteiger partial charge in [-0.1, -0.05) is 31.5 Å². The van der Waals surface area contributed by atoms with Crippen molar-refractivity contribution in [2.24, 2.45) is 13.0 Å². The van der Waals surface area contributed by atoms with Gasteiger partial charge in [0, 0.05) is 36.1 Å². The van der Waals surface area contributed by atoms with Crippen LogP contribution in [-0.4, -0.2) is 34.9 Å². The Balaban J connectivity index is 1.53. The lowest BCUT2D eigenvalue weighted by Gasteiger charge is -2.31. The van der Waals surface area contributed by atoms with Gasteiger partial charge in [0.15, 0.2) is 5.78 Å². The first-order valence-electron chi connectivity index (χ1n) is 9.48. The van der Waals surface area contributed by atoms with E-state index in [-0.39, 0.29) is 0 Å². The molecule has 3 rings (SSSR count). The molecule has 1 fully saturated rings. The van der Waals surface area contributed by atoms with E-state index < -0.39 is 0 Å². The minimum Gasteiger partial charge on any atom is -0.350 e. The maximum Gasteiger partial charge on any atom is 0.165 e. The fourth-order valence-corrected chi connectivity index (χ4v) is 3.91. The number of hydrogen-bond acceptors (Lipinski definition) is 2. The fourth-order valence-electron chi connectivity index (χ4n) is 3.91. The molecule has 2 aromatic rings. The molecule has 1 aromatic heterocycles. The summed E-state index contributed by atoms with van der Waals surface area (Å²) in [5, 5.41) is 1.10. The Hall–Kier alpha value is -1.61. The highest BCUT2D eigenvalue weighted by molar-refractivity contribution is 6.08. The quantitative estimate of drug-likeness (QED) is 0.692. The molecule has 2 heterocycles. The van der Waals surface area contributed by atoms with Gasteiger partial charge in [0.05, 0.1) is 0 Å². The van der Waals surface area contributed by atoms with Crippen LogP contribution in [0.25, 0.3) is 10.9 Å². The predicted octanol–water partition coefficient (Wildman–Crippen LogP) is 4.65. The van der Waals surface area contributed by atoms with E-state index in [1.54, 1.807) is 0 Å². The summed E-state index contributed by atoms with van der Waals surface area (Å²) >= 11 is 0. The van der Waals surface area contributed by atoms with Crippen molar-refractivity contribution < 1.29 is 4.79 Å². The number of nitrogens with zero attached hydrogens (tertiary/aromatic N) is 2. The van der Waals surface area contributed by atoms with Crippen LogP contribution in [0.15, 0.2) is 30.5 Å². The molecule has 0 atom stereocenters. The summed E-state index contributed by atoms with van der Waals surface area (Å²) in [5.41, 5.74) is 2.04. The number of rotatable bonds is 7. The molecule has 0 bridgehead atoms. The van der Waals surface area contributed by atoms with Crippen LogP contribution in [0.4, 0.5) is 0 Å². The summed E-state index contributed by atoms with van der Waals surface area (Å²) in [6.45, 7) is 5.93. The van der Waals surface area contributed by atoms with E-state index in [0.29, 0.717) is 12.2 Å². The molecule has 0 radical (unpaired) electrons. The monoisotopic (exact) mass is 326 g/mol. The number of para-hydroxylation sites is 1. The average Bonchev–Trinajstić information content (AvgIpc) is 2.96. The van der Waals surface area contributed by atoms with Crippen molar-refractivity contribution in [1.29, 1.82) is 0 Å². The summed E-state index contributed by atoms with van der Waals surface area (Å²) in [4.78, 5) is 15.3. The Kier molecular flexibility index (Phi) is 5.72. The van der Waals surface area contributed by atoms with E-state index in [2.05, 4.69) is 28.5 Å². The minimum atomic E-state index is 0.306. The fraction of sp³-hybridized carbons (Fsp3) is 0.571. The number of piperidine rings is 1. The van der Waals surface area contributed by atoms with Gasteiger partial charge in [0.2, 0.25) is 0 Å². The molecular formula is C21H30N2O. The first kappa shape index (κ1) is 17.2. The Morgan fingerprint density at radius 1 is 1.21 bits per heavy atom. The molecule has 1 aromatic carbocycles. The third-order valence-electron chi connectivity index (χ3n) is 5.51. The van der Waals surface area contributed by atoms with Crippen LogP contribution in [-0.2, 0) is 7.05 Å². The molecule has 3 nitrogen and oxygen atoms in total. The topological polar surface area (TPSA) is 25.2 Å². The van der Waals surface area contributed by atoms with Gasteiger partial charge in [0.25, 0.3) is 0 Å². The van der Waals surface area contributed by atoms with E-state index in [9.17, 15) is 4.79 Å². The SMILES string of the molecule is CCCCN1CCC(CCC(=O)c2cn(C)c3ccccc23)CC1. The molecule has 0 saturated carbocycles. The zero-order chi connectivity index (χ0) is 16.9. The Bertz CT molecular complexity index is 680. The van der Waals surface area contributed by atoms with Crippen LogP contribution >= 0.6 is 0 Å². The number of likely N-dealkylation sites (tertiary alicyclic amines) is 1. The highest BCUT2D eigenvalue weighted by Gasteiger charge is 2.20. The highest BCUT2D eigenvalue weighted by atomic mass is 16.1. The van der Waals surface area contributed by atoms with Gasteiger partial charge in [0.1, 0.15) is 0 Å². The van der Waals surface area contributed by atoms with Crippen molar-refractivity contribution in [2.75, 3.05) is 19.6 Å². The van der Waals surface area contributed by atoms with E-state index in [0.717, 1.165) is 28.8 Å². The number of aryl methyl sites for hydroxylation is 1. The van der Waals surface area contributed by atoms with E-state index in [4.69, 9.17) is 0 Å². The van der Waals surface area contributed by atoms with Crippen LogP contribution in [0.5, 0.6) is 0 Å². The second-order valence-electron chi connectivity index (χ2n) is 7.27. The molecule has 1 aliphatic rings. The number of ketones is 1. The summed E-state index contributed by atoms with van der Waals surface area (Å²) in [6, 6.07) is 8.20. The van der Waals surface area contributed by atoms with Crippen LogP contribution in [0.1, 0.15) is 55.8 Å². The van der Waals surface area contributed by atoms with Crippen molar-refractivity contribution in [3.63, 3.8) is 0 Å². The van der Waals surface area contributed by atoms with Gasteiger partial charge in [-0.2, -0.15) is 0 Å². The van der Waals surface area contributed by atoms with Gasteiger partial charge < -0.3 is 9.47 Å². The van der Waals surface area contributed by atoms with Gasteiger partial charge in [-0.3, -0.25) is 4.79 Å². The number of aromatic nitrogens is 1. The molecule has 0 spiro atoms. The smallest absolute Gasteiger partial charge is 0.165 e. The Morgan fingerprint density at radius 3 is 2.71 bits per heavy atom. The van der Waals surface area contributed by atoms with Gasteiger partial charge >= 0.3 is 0 Å². The van der Waals surface area contributed by atoms with Crippen molar-refractivity contribution >= 4 is 16.7 Å². The van der Waals surface area contributed by atoms with Crippen molar-refractivity contribution in [1.82, 2.24) is 9.47 Å². The Labute approximate surface area is 145 Å². The van der Waals surface area contributed by atoms with Gasteiger partial charge in [-0.05, 0) is 57.3 Å². The first-order valence-corrected chi connectivity index (χ1v) is 9.48. The predicted molar refractivity (Wildman–Crippen MR) is 101 cm³/mol. The van der Waals surface area contributed by atoms with Crippen LogP contribution in [0, 0.1) is 5.92 Å². The lowest BCUT2D eigenvalue weighted by Crippen LogP contribution is -2.34. The van der Waals surface area contributed by atoms with E-state index in [1.165, 1.54) is 45.3 Å². The average molecular weight is 326 g/mol. The normalized spacial score (nSPS) is 16.8. The first-order chi connectivity index (χ1) is 11.7. The molecule has 0 unspecified atom stereocenters. The second kappa shape index (κ2) is 7.98. The number of Topliss-reactive ketones (excluding diaryl/α,β-unsaturated/α-hetero) is 1. The van der Waals surface area contributed by atoms with Crippen molar-refractivity contribution in [2.45, 2.75) is 45.4 Å². The summed E-state index contributed by atoms with van der Waals surface area (Å²) < 4.78 is 2.06. The van der Waals surface area contributed by atoms with Crippen LogP contribution in [0.3, 0.4) is 0 Å². The number of hydrogen-bond donors (Lipinski definition) is 0. The van der Waals surface area contributed by atoms with Gasteiger partial charge in [-0.25, -0.2) is 0 Å².